The molecule has 0 bridgehead atoms. The van der Waals surface area contributed by atoms with Crippen LogP contribution in [-0.2, 0) is 29.4 Å². The van der Waals surface area contributed by atoms with Crippen LogP contribution in [0.5, 0.6) is 0 Å². The Balaban J connectivity index is 1.78. The fraction of sp³-hybridized carbons (Fsp3) is 0.348. The number of nitrogens with zero attached hydrogens (tertiary/aromatic N) is 3. The number of carbonyl (C=O) groups excluding carboxylic acids is 1. The number of fused-ring (bicyclic) bond motifs is 3. The molecule has 0 saturated carbocycles. The normalized spacial score (nSPS) is 16.9. The number of ether oxygens (including phenoxy) is 1. The Labute approximate surface area is 174 Å². The molecule has 0 radical (unpaired) electrons. The zero-order valence-corrected chi connectivity index (χ0v) is 17.3. The molecule has 4 rings (SSSR count). The van der Waals surface area contributed by atoms with Crippen molar-refractivity contribution >= 4 is 28.8 Å². The minimum Gasteiger partial charge on any atom is -0.481 e. The topological polar surface area (TPSA) is 84.7 Å². The lowest BCUT2D eigenvalue weighted by molar-refractivity contribution is -0.138. The number of benzene rings is 2. The van der Waals surface area contributed by atoms with Crippen LogP contribution in [-0.4, -0.2) is 39.9 Å². The largest absolute Gasteiger partial charge is 0.481 e. The standard InChI is InChI=1S/C23H25N3O4/c1-14-9-10-16-18(26(14)23(29)30-3)11-12-19-21(16)24-20(25(19)2)13-17(22(27)28)15-7-5-4-6-8-15/h4-8,11-12,14,17H,9-10,13H2,1-3H3,(H,27,28). The summed E-state index contributed by atoms with van der Waals surface area (Å²) < 4.78 is 6.94. The van der Waals surface area contributed by atoms with Gasteiger partial charge in [0.2, 0.25) is 0 Å². The van der Waals surface area contributed by atoms with Gasteiger partial charge in [-0.25, -0.2) is 9.78 Å². The molecule has 1 aliphatic rings. The first-order chi connectivity index (χ1) is 14.4. The molecule has 0 fully saturated rings. The zero-order chi connectivity index (χ0) is 21.4. The van der Waals surface area contributed by atoms with Crippen LogP contribution in [0.3, 0.4) is 0 Å². The van der Waals surface area contributed by atoms with E-state index in [4.69, 9.17) is 9.72 Å². The molecule has 1 aromatic heterocycles. The predicted molar refractivity (Wildman–Crippen MR) is 114 cm³/mol. The number of amides is 1. The summed E-state index contributed by atoms with van der Waals surface area (Å²) in [6.07, 6.45) is 1.53. The summed E-state index contributed by atoms with van der Waals surface area (Å²) in [4.78, 5) is 30.8. The summed E-state index contributed by atoms with van der Waals surface area (Å²) in [7, 11) is 3.29. The van der Waals surface area contributed by atoms with Crippen LogP contribution in [0, 0.1) is 0 Å². The van der Waals surface area contributed by atoms with Crippen molar-refractivity contribution in [3.05, 3.63) is 59.4 Å². The van der Waals surface area contributed by atoms with Crippen LogP contribution in [0.2, 0.25) is 0 Å². The van der Waals surface area contributed by atoms with E-state index in [1.54, 1.807) is 4.90 Å². The highest BCUT2D eigenvalue weighted by atomic mass is 16.5. The minimum atomic E-state index is -0.874. The maximum atomic E-state index is 12.3. The molecule has 1 aliphatic heterocycles. The number of anilines is 1. The van der Waals surface area contributed by atoms with Crippen molar-refractivity contribution in [2.75, 3.05) is 12.0 Å². The van der Waals surface area contributed by atoms with Gasteiger partial charge in [0.1, 0.15) is 5.82 Å². The van der Waals surface area contributed by atoms with Gasteiger partial charge in [-0.15, -0.1) is 0 Å². The van der Waals surface area contributed by atoms with Gasteiger partial charge < -0.3 is 14.4 Å². The van der Waals surface area contributed by atoms with E-state index in [0.29, 0.717) is 5.82 Å². The summed E-state index contributed by atoms with van der Waals surface area (Å²) in [5.74, 6) is -0.844. The highest BCUT2D eigenvalue weighted by Crippen LogP contribution is 2.36. The molecular weight excluding hydrogens is 382 g/mol. The summed E-state index contributed by atoms with van der Waals surface area (Å²) in [5, 5.41) is 9.80. The molecule has 0 aliphatic carbocycles. The number of carboxylic acids is 1. The number of imidazole rings is 1. The second kappa shape index (κ2) is 7.82. The molecule has 2 aromatic carbocycles. The van der Waals surface area contributed by atoms with Gasteiger partial charge >= 0.3 is 12.1 Å². The van der Waals surface area contributed by atoms with Crippen molar-refractivity contribution in [3.8, 4) is 0 Å². The number of aromatic nitrogens is 2. The van der Waals surface area contributed by atoms with E-state index in [0.717, 1.165) is 40.7 Å². The first-order valence-corrected chi connectivity index (χ1v) is 10.0. The monoisotopic (exact) mass is 407 g/mol. The summed E-state index contributed by atoms with van der Waals surface area (Å²) in [6, 6.07) is 13.1. The van der Waals surface area contributed by atoms with Gasteiger partial charge in [-0.1, -0.05) is 30.3 Å². The molecule has 30 heavy (non-hydrogen) atoms. The third kappa shape index (κ3) is 3.30. The van der Waals surface area contributed by atoms with Gasteiger partial charge in [-0.05, 0) is 37.5 Å². The van der Waals surface area contributed by atoms with Gasteiger partial charge in [0.05, 0.1) is 29.7 Å². The number of aliphatic carboxylic acids is 1. The minimum absolute atomic E-state index is 0.0417. The molecule has 7 heteroatoms. The second-order valence-corrected chi connectivity index (χ2v) is 7.75. The van der Waals surface area contributed by atoms with Crippen LogP contribution >= 0.6 is 0 Å². The molecule has 1 N–H and O–H groups in total. The Morgan fingerprint density at radius 3 is 2.63 bits per heavy atom. The lowest BCUT2D eigenvalue weighted by Gasteiger charge is -2.34. The van der Waals surface area contributed by atoms with E-state index in [-0.39, 0.29) is 18.6 Å². The fourth-order valence-corrected chi connectivity index (χ4v) is 4.32. The van der Waals surface area contributed by atoms with Crippen molar-refractivity contribution in [2.45, 2.75) is 38.1 Å². The summed E-state index contributed by atoms with van der Waals surface area (Å²) >= 11 is 0. The SMILES string of the molecule is COC(=O)N1c2ccc3c(nc(CC(C(=O)O)c4ccccc4)n3C)c2CCC1C. The zero-order valence-electron chi connectivity index (χ0n) is 17.3. The molecule has 2 unspecified atom stereocenters. The van der Waals surface area contributed by atoms with Crippen molar-refractivity contribution < 1.29 is 19.4 Å². The highest BCUT2D eigenvalue weighted by Gasteiger charge is 2.31. The average molecular weight is 407 g/mol. The van der Waals surface area contributed by atoms with E-state index in [1.807, 2.05) is 61.0 Å². The summed E-state index contributed by atoms with van der Waals surface area (Å²) in [5.41, 5.74) is 4.33. The van der Waals surface area contributed by atoms with E-state index in [9.17, 15) is 14.7 Å². The Hall–Kier alpha value is -3.35. The molecule has 0 spiro atoms. The molecule has 156 valence electrons. The first kappa shape index (κ1) is 19.9. The Bertz CT molecular complexity index is 1110. The van der Waals surface area contributed by atoms with Crippen molar-refractivity contribution in [1.82, 2.24) is 9.55 Å². The molecule has 1 amide bonds. The Morgan fingerprint density at radius 1 is 1.23 bits per heavy atom. The third-order valence-electron chi connectivity index (χ3n) is 6.00. The highest BCUT2D eigenvalue weighted by molar-refractivity contribution is 5.95. The molecule has 3 aromatic rings. The van der Waals surface area contributed by atoms with Crippen molar-refractivity contribution in [1.29, 1.82) is 0 Å². The Kier molecular flexibility index (Phi) is 5.20. The second-order valence-electron chi connectivity index (χ2n) is 7.75. The first-order valence-electron chi connectivity index (χ1n) is 10.0. The van der Waals surface area contributed by atoms with E-state index >= 15 is 0 Å². The van der Waals surface area contributed by atoms with Crippen molar-refractivity contribution in [3.63, 3.8) is 0 Å². The van der Waals surface area contributed by atoms with E-state index < -0.39 is 11.9 Å². The van der Waals surface area contributed by atoms with Gasteiger partial charge in [0.15, 0.2) is 0 Å². The van der Waals surface area contributed by atoms with Crippen LogP contribution in [0.4, 0.5) is 10.5 Å². The average Bonchev–Trinajstić information content (AvgIpc) is 3.07. The molecule has 2 heterocycles. The number of carbonyl (C=O) groups is 2. The number of rotatable bonds is 4. The number of methoxy groups -OCH3 is 1. The lowest BCUT2D eigenvalue weighted by atomic mass is 9.95. The van der Waals surface area contributed by atoms with Gasteiger partial charge in [-0.3, -0.25) is 9.69 Å². The fourth-order valence-electron chi connectivity index (χ4n) is 4.32. The van der Waals surface area contributed by atoms with E-state index in [1.165, 1.54) is 7.11 Å². The van der Waals surface area contributed by atoms with Crippen molar-refractivity contribution in [2.24, 2.45) is 7.05 Å². The lowest BCUT2D eigenvalue weighted by Crippen LogP contribution is -2.42. The maximum Gasteiger partial charge on any atom is 0.414 e. The number of carboxylic acid groups (broad SMARTS) is 1. The van der Waals surface area contributed by atoms with Crippen LogP contribution in [0.25, 0.3) is 11.0 Å². The van der Waals surface area contributed by atoms with Crippen LogP contribution in [0.1, 0.15) is 36.2 Å². The molecule has 7 nitrogen and oxygen atoms in total. The molecule has 0 saturated heterocycles. The van der Waals surface area contributed by atoms with Crippen LogP contribution < -0.4 is 4.90 Å². The third-order valence-corrected chi connectivity index (χ3v) is 6.00. The summed E-state index contributed by atoms with van der Waals surface area (Å²) in [6.45, 7) is 2.01. The molecular formula is C23H25N3O4. The van der Waals surface area contributed by atoms with E-state index in [2.05, 4.69) is 0 Å². The van der Waals surface area contributed by atoms with Gasteiger partial charge in [0.25, 0.3) is 0 Å². The van der Waals surface area contributed by atoms with Gasteiger partial charge in [0, 0.05) is 25.1 Å². The molecule has 2 atom stereocenters. The number of hydrogen-bond acceptors (Lipinski definition) is 4. The quantitative estimate of drug-likeness (QED) is 0.709. The number of hydrogen-bond donors (Lipinski definition) is 1. The number of aryl methyl sites for hydroxylation is 2. The van der Waals surface area contributed by atoms with Crippen LogP contribution in [0.15, 0.2) is 42.5 Å². The predicted octanol–water partition coefficient (Wildman–Crippen LogP) is 3.89. The van der Waals surface area contributed by atoms with Gasteiger partial charge in [-0.2, -0.15) is 0 Å². The Morgan fingerprint density at radius 2 is 1.97 bits per heavy atom. The smallest absolute Gasteiger partial charge is 0.414 e. The maximum absolute atomic E-state index is 12.3.